The molecule has 20 heavy (non-hydrogen) atoms. The Balaban J connectivity index is 2.48. The number of morpholine rings is 1. The molecule has 1 fully saturated rings. The average Bonchev–Trinajstić information content (AvgIpc) is 2.37. The maximum Gasteiger partial charge on any atom is 0.335 e. The van der Waals surface area contributed by atoms with Gasteiger partial charge in [-0.15, -0.1) is 0 Å². The van der Waals surface area contributed by atoms with E-state index in [9.17, 15) is 14.7 Å². The zero-order valence-electron chi connectivity index (χ0n) is 11.2. The van der Waals surface area contributed by atoms with Crippen LogP contribution in [0.5, 0.6) is 0 Å². The van der Waals surface area contributed by atoms with Crippen LogP contribution < -0.4 is 0 Å². The Morgan fingerprint density at radius 2 is 2.20 bits per heavy atom. The molecule has 0 radical (unpaired) electrons. The fraction of sp³-hybridized carbons (Fsp3) is 0.429. The largest absolute Gasteiger partial charge is 0.479 e. The van der Waals surface area contributed by atoms with Crippen LogP contribution in [0.15, 0.2) is 24.3 Å². The van der Waals surface area contributed by atoms with Crippen molar-refractivity contribution in [1.82, 2.24) is 4.90 Å². The van der Waals surface area contributed by atoms with Crippen molar-refractivity contribution in [3.05, 3.63) is 34.9 Å². The molecule has 2 atom stereocenters. The van der Waals surface area contributed by atoms with Gasteiger partial charge in [-0.3, -0.25) is 4.79 Å². The molecule has 1 aromatic carbocycles. The normalized spacial score (nSPS) is 23.2. The molecular formula is C14H16ClNO4. The van der Waals surface area contributed by atoms with Crippen LogP contribution in [0.4, 0.5) is 0 Å². The molecule has 1 N–H and O–H groups in total. The fourth-order valence-corrected chi connectivity index (χ4v) is 2.67. The standard InChI is InChI=1S/C14H16ClNO4/c1-8(2)16-11(17)7-20-13(14(18)19)12(16)9-4-3-5-10(15)6-9/h3-6,8,12-13H,7H2,1-2H3,(H,18,19). The van der Waals surface area contributed by atoms with Crippen LogP contribution in [0, 0.1) is 0 Å². The third kappa shape index (κ3) is 2.78. The number of nitrogens with zero attached hydrogens (tertiary/aromatic N) is 1. The van der Waals surface area contributed by atoms with E-state index < -0.39 is 18.1 Å². The highest BCUT2D eigenvalue weighted by Gasteiger charge is 2.42. The van der Waals surface area contributed by atoms with Crippen LogP contribution in [0.25, 0.3) is 0 Å². The van der Waals surface area contributed by atoms with Crippen molar-refractivity contribution in [3.8, 4) is 0 Å². The van der Waals surface area contributed by atoms with Crippen LogP contribution in [0.1, 0.15) is 25.5 Å². The number of halogens is 1. The summed E-state index contributed by atoms with van der Waals surface area (Å²) in [4.78, 5) is 25.0. The summed E-state index contributed by atoms with van der Waals surface area (Å²) in [6.07, 6.45) is -1.09. The van der Waals surface area contributed by atoms with Gasteiger partial charge in [0.25, 0.3) is 0 Å². The van der Waals surface area contributed by atoms with Crippen molar-refractivity contribution in [3.63, 3.8) is 0 Å². The van der Waals surface area contributed by atoms with Crippen molar-refractivity contribution < 1.29 is 19.4 Å². The lowest BCUT2D eigenvalue weighted by molar-refractivity contribution is -0.175. The van der Waals surface area contributed by atoms with Gasteiger partial charge in [-0.25, -0.2) is 4.79 Å². The Hall–Kier alpha value is -1.59. The van der Waals surface area contributed by atoms with Crippen molar-refractivity contribution >= 4 is 23.5 Å². The van der Waals surface area contributed by atoms with E-state index in [1.165, 1.54) is 0 Å². The van der Waals surface area contributed by atoms with E-state index in [4.69, 9.17) is 16.3 Å². The predicted octanol–water partition coefficient (Wildman–Crippen LogP) is 2.10. The highest BCUT2D eigenvalue weighted by Crippen LogP contribution is 2.33. The molecule has 108 valence electrons. The van der Waals surface area contributed by atoms with Crippen molar-refractivity contribution in [1.29, 1.82) is 0 Å². The topological polar surface area (TPSA) is 66.8 Å². The van der Waals surface area contributed by atoms with Gasteiger partial charge >= 0.3 is 5.97 Å². The minimum absolute atomic E-state index is 0.128. The van der Waals surface area contributed by atoms with Gasteiger partial charge in [-0.2, -0.15) is 0 Å². The number of rotatable bonds is 3. The smallest absolute Gasteiger partial charge is 0.335 e. The van der Waals surface area contributed by atoms with E-state index in [1.807, 2.05) is 13.8 Å². The van der Waals surface area contributed by atoms with E-state index in [2.05, 4.69) is 0 Å². The Kier molecular flexibility index (Phi) is 4.30. The van der Waals surface area contributed by atoms with Crippen molar-refractivity contribution in [2.75, 3.05) is 6.61 Å². The molecule has 0 bridgehead atoms. The molecule has 0 aliphatic carbocycles. The Morgan fingerprint density at radius 1 is 1.50 bits per heavy atom. The van der Waals surface area contributed by atoms with Gasteiger partial charge in [0.15, 0.2) is 6.10 Å². The molecule has 6 heteroatoms. The summed E-state index contributed by atoms with van der Waals surface area (Å²) in [6.45, 7) is 3.48. The first-order valence-electron chi connectivity index (χ1n) is 6.33. The summed E-state index contributed by atoms with van der Waals surface area (Å²) in [5.74, 6) is -1.31. The van der Waals surface area contributed by atoms with E-state index in [1.54, 1.807) is 29.2 Å². The maximum absolute atomic E-state index is 12.0. The zero-order valence-corrected chi connectivity index (χ0v) is 12.0. The van der Waals surface area contributed by atoms with E-state index in [0.717, 1.165) is 0 Å². The number of carbonyl (C=O) groups excluding carboxylic acids is 1. The van der Waals surface area contributed by atoms with Gasteiger partial charge in [-0.1, -0.05) is 23.7 Å². The minimum atomic E-state index is -1.09. The second kappa shape index (κ2) is 5.81. The number of benzene rings is 1. The summed E-state index contributed by atoms with van der Waals surface area (Å²) in [5.41, 5.74) is 0.659. The third-order valence-corrected chi connectivity index (χ3v) is 3.49. The summed E-state index contributed by atoms with van der Waals surface area (Å²) in [5, 5.41) is 9.82. The summed E-state index contributed by atoms with van der Waals surface area (Å²) < 4.78 is 5.21. The molecule has 0 saturated carbocycles. The van der Waals surface area contributed by atoms with Gasteiger partial charge in [-0.05, 0) is 31.5 Å². The molecule has 1 aliphatic rings. The predicted molar refractivity (Wildman–Crippen MR) is 73.6 cm³/mol. The monoisotopic (exact) mass is 297 g/mol. The Bertz CT molecular complexity index is 532. The molecule has 1 heterocycles. The van der Waals surface area contributed by atoms with Crippen LogP contribution in [0.3, 0.4) is 0 Å². The summed E-state index contributed by atoms with van der Waals surface area (Å²) in [7, 11) is 0. The highest BCUT2D eigenvalue weighted by molar-refractivity contribution is 6.30. The molecule has 5 nitrogen and oxygen atoms in total. The number of carboxylic acid groups (broad SMARTS) is 1. The van der Waals surface area contributed by atoms with Gasteiger partial charge in [0.1, 0.15) is 6.61 Å². The lowest BCUT2D eigenvalue weighted by Gasteiger charge is -2.41. The summed E-state index contributed by atoms with van der Waals surface area (Å²) >= 11 is 5.96. The number of hydrogen-bond acceptors (Lipinski definition) is 3. The fourth-order valence-electron chi connectivity index (χ4n) is 2.47. The number of hydrogen-bond donors (Lipinski definition) is 1. The Labute approximate surface area is 122 Å². The Morgan fingerprint density at radius 3 is 2.75 bits per heavy atom. The number of carbonyl (C=O) groups is 2. The first kappa shape index (κ1) is 14.8. The number of aliphatic carboxylic acids is 1. The lowest BCUT2D eigenvalue weighted by Crippen LogP contribution is -2.54. The van der Waals surface area contributed by atoms with E-state index in [-0.39, 0.29) is 18.6 Å². The summed E-state index contributed by atoms with van der Waals surface area (Å²) in [6, 6.07) is 6.05. The molecule has 0 aromatic heterocycles. The van der Waals surface area contributed by atoms with Crippen molar-refractivity contribution in [2.24, 2.45) is 0 Å². The molecule has 1 aromatic rings. The van der Waals surface area contributed by atoms with Gasteiger partial charge in [0, 0.05) is 11.1 Å². The first-order valence-corrected chi connectivity index (χ1v) is 6.70. The molecule has 2 unspecified atom stereocenters. The quantitative estimate of drug-likeness (QED) is 0.928. The SMILES string of the molecule is CC(C)N1C(=O)COC(C(=O)O)C1c1cccc(Cl)c1. The van der Waals surface area contributed by atoms with Crippen molar-refractivity contribution in [2.45, 2.75) is 32.0 Å². The second-order valence-corrected chi connectivity index (χ2v) is 5.40. The lowest BCUT2D eigenvalue weighted by atomic mass is 9.96. The average molecular weight is 298 g/mol. The van der Waals surface area contributed by atoms with Crippen LogP contribution in [-0.4, -0.2) is 40.6 Å². The van der Waals surface area contributed by atoms with E-state index in [0.29, 0.717) is 10.6 Å². The molecule has 0 spiro atoms. The van der Waals surface area contributed by atoms with Gasteiger partial charge in [0.05, 0.1) is 6.04 Å². The number of amides is 1. The zero-order chi connectivity index (χ0) is 14.9. The first-order chi connectivity index (χ1) is 9.41. The molecule has 1 aliphatic heterocycles. The second-order valence-electron chi connectivity index (χ2n) is 4.96. The van der Waals surface area contributed by atoms with Crippen LogP contribution in [-0.2, 0) is 14.3 Å². The number of carboxylic acids is 1. The molecular weight excluding hydrogens is 282 g/mol. The van der Waals surface area contributed by atoms with E-state index >= 15 is 0 Å². The maximum atomic E-state index is 12.0. The highest BCUT2D eigenvalue weighted by atomic mass is 35.5. The van der Waals surface area contributed by atoms with Crippen LogP contribution in [0.2, 0.25) is 5.02 Å². The third-order valence-electron chi connectivity index (χ3n) is 3.25. The van der Waals surface area contributed by atoms with Gasteiger partial charge in [0.2, 0.25) is 5.91 Å². The van der Waals surface area contributed by atoms with Gasteiger partial charge < -0.3 is 14.7 Å². The molecule has 2 rings (SSSR count). The molecule has 1 saturated heterocycles. The minimum Gasteiger partial charge on any atom is -0.479 e. The van der Waals surface area contributed by atoms with Crippen LogP contribution >= 0.6 is 11.6 Å². The molecule has 1 amide bonds. The number of ether oxygens (including phenoxy) is 1.